The van der Waals surface area contributed by atoms with E-state index in [0.717, 1.165) is 39.6 Å². The molecule has 2 heterocycles. The van der Waals surface area contributed by atoms with E-state index in [0.29, 0.717) is 0 Å². The van der Waals surface area contributed by atoms with Crippen molar-refractivity contribution in [1.82, 2.24) is 0 Å². The van der Waals surface area contributed by atoms with Crippen LogP contribution in [-0.2, 0) is 27.1 Å². The highest BCUT2D eigenvalue weighted by Crippen LogP contribution is 2.59. The van der Waals surface area contributed by atoms with E-state index in [1.807, 2.05) is 0 Å². The van der Waals surface area contributed by atoms with Gasteiger partial charge < -0.3 is 9.64 Å². The molecule has 11 aromatic rings. The van der Waals surface area contributed by atoms with Crippen LogP contribution in [0.15, 0.2) is 243 Å². The summed E-state index contributed by atoms with van der Waals surface area (Å²) in [5.74, 6) is 1.80. The third-order valence-corrected chi connectivity index (χ3v) is 18.8. The fraction of sp³-hybridized carbons (Fsp3) is 0.205. The van der Waals surface area contributed by atoms with Crippen molar-refractivity contribution < 1.29 is 4.74 Å². The third kappa shape index (κ3) is 8.99. The van der Waals surface area contributed by atoms with E-state index in [1.165, 1.54) is 106 Å². The average Bonchev–Trinajstić information content (AvgIpc) is 1.29. The highest BCUT2D eigenvalue weighted by atomic mass is 16.5. The summed E-state index contributed by atoms with van der Waals surface area (Å²) >= 11 is 0. The van der Waals surface area contributed by atoms with Crippen molar-refractivity contribution in [2.24, 2.45) is 0 Å². The Morgan fingerprint density at radius 3 is 1.38 bits per heavy atom. The van der Waals surface area contributed by atoms with Gasteiger partial charge in [-0.25, -0.2) is 0 Å². The summed E-state index contributed by atoms with van der Waals surface area (Å²) in [7, 11) is 0. The van der Waals surface area contributed by atoms with Crippen molar-refractivity contribution in [3.63, 3.8) is 0 Å². The van der Waals surface area contributed by atoms with Crippen LogP contribution in [0.2, 0.25) is 0 Å². The Bertz CT molecular complexity index is 4320. The molecule has 86 heavy (non-hydrogen) atoms. The maximum atomic E-state index is 7.62. The maximum Gasteiger partial charge on any atom is 0.256 e. The van der Waals surface area contributed by atoms with E-state index in [9.17, 15) is 0 Å². The Morgan fingerprint density at radius 1 is 0.326 bits per heavy atom. The first kappa shape index (κ1) is 55.0. The molecule has 0 radical (unpaired) electrons. The average molecular weight is 1110 g/mol. The summed E-state index contributed by atoms with van der Waals surface area (Å²) in [6.45, 7) is 27.8. The first-order chi connectivity index (χ1) is 41.2. The Morgan fingerprint density at radius 2 is 0.814 bits per heavy atom. The molecule has 2 aliphatic heterocycles. The van der Waals surface area contributed by atoms with E-state index >= 15 is 0 Å². The SMILES string of the molecule is CC(C)(C)c1cc(-c2ccc3c(c2)Oc2cc(C(C)(C)C)cc4c2B3c2cc(-c3cccc5c3C(c3ccccc3)(c3ccccc3)c3ccccc3-5)ccc2N4c2c(-c3ccccc3)cc(C(C)(C)C)cc2-c2ccccc2)cc(C(C)(C)C)c1. The van der Waals surface area contributed by atoms with Gasteiger partial charge in [0.25, 0.3) is 6.71 Å². The predicted octanol–water partition coefficient (Wildman–Crippen LogP) is 20.3. The molecule has 0 aromatic heterocycles. The summed E-state index contributed by atoms with van der Waals surface area (Å²) in [6.07, 6.45) is 0. The Kier molecular flexibility index (Phi) is 12.9. The summed E-state index contributed by atoms with van der Waals surface area (Å²) in [6, 6.07) is 92.3. The fourth-order valence-electron chi connectivity index (χ4n) is 14.2. The van der Waals surface area contributed by atoms with Crippen molar-refractivity contribution in [2.75, 3.05) is 4.90 Å². The van der Waals surface area contributed by atoms with Gasteiger partial charge in [0.1, 0.15) is 11.5 Å². The van der Waals surface area contributed by atoms with E-state index in [1.54, 1.807) is 0 Å². The lowest BCUT2D eigenvalue weighted by atomic mass is 9.34. The molecule has 0 amide bonds. The van der Waals surface area contributed by atoms with E-state index in [-0.39, 0.29) is 28.4 Å². The second kappa shape index (κ2) is 20.1. The van der Waals surface area contributed by atoms with Crippen molar-refractivity contribution in [2.45, 2.75) is 110 Å². The lowest BCUT2D eigenvalue weighted by Gasteiger charge is -2.43. The molecule has 3 heteroatoms. The van der Waals surface area contributed by atoms with E-state index in [4.69, 9.17) is 4.74 Å². The summed E-state index contributed by atoms with van der Waals surface area (Å²) < 4.78 is 7.62. The van der Waals surface area contributed by atoms with Crippen molar-refractivity contribution in [3.8, 4) is 67.1 Å². The maximum absolute atomic E-state index is 7.62. The molecule has 3 aliphatic rings. The zero-order valence-corrected chi connectivity index (χ0v) is 52.0. The number of rotatable bonds is 7. The van der Waals surface area contributed by atoms with Crippen LogP contribution in [0.4, 0.5) is 17.1 Å². The monoisotopic (exact) mass is 1110 g/mol. The number of ether oxygens (including phenoxy) is 1. The Labute approximate surface area is 511 Å². The van der Waals surface area contributed by atoms with Crippen LogP contribution < -0.4 is 26.0 Å². The van der Waals surface area contributed by atoms with Crippen molar-refractivity contribution >= 4 is 40.2 Å². The second-order valence-electron chi connectivity index (χ2n) is 28.5. The number of benzene rings is 11. The van der Waals surface area contributed by atoms with Crippen LogP contribution >= 0.6 is 0 Å². The largest absolute Gasteiger partial charge is 0.458 e. The van der Waals surface area contributed by atoms with Crippen LogP contribution in [0.3, 0.4) is 0 Å². The van der Waals surface area contributed by atoms with Crippen LogP contribution in [-0.4, -0.2) is 6.71 Å². The molecule has 14 rings (SSSR count). The quantitative estimate of drug-likeness (QED) is 0.148. The molecule has 422 valence electrons. The van der Waals surface area contributed by atoms with E-state index in [2.05, 4.69) is 331 Å². The summed E-state index contributed by atoms with van der Waals surface area (Å²) in [5.41, 5.74) is 28.3. The minimum atomic E-state index is -0.598. The zero-order valence-electron chi connectivity index (χ0n) is 52.0. The minimum Gasteiger partial charge on any atom is -0.458 e. The summed E-state index contributed by atoms with van der Waals surface area (Å²) in [5, 5.41) is 0. The van der Waals surface area contributed by atoms with Crippen molar-refractivity contribution in [3.05, 3.63) is 287 Å². The molecule has 0 saturated carbocycles. The van der Waals surface area contributed by atoms with Gasteiger partial charge in [0.2, 0.25) is 0 Å². The lowest BCUT2D eigenvalue weighted by Crippen LogP contribution is -2.59. The van der Waals surface area contributed by atoms with Gasteiger partial charge in [-0.3, -0.25) is 0 Å². The molecule has 2 nitrogen and oxygen atoms in total. The van der Waals surface area contributed by atoms with Crippen LogP contribution in [0.1, 0.15) is 128 Å². The number of nitrogens with zero attached hydrogens (tertiary/aromatic N) is 1. The van der Waals surface area contributed by atoms with E-state index < -0.39 is 5.41 Å². The molecule has 1 aliphatic carbocycles. The third-order valence-electron chi connectivity index (χ3n) is 18.8. The van der Waals surface area contributed by atoms with Crippen molar-refractivity contribution in [1.29, 1.82) is 0 Å². The van der Waals surface area contributed by atoms with Gasteiger partial charge in [-0.2, -0.15) is 0 Å². The van der Waals surface area contributed by atoms with Gasteiger partial charge in [0.15, 0.2) is 0 Å². The molecule has 11 aromatic carbocycles. The first-order valence-electron chi connectivity index (χ1n) is 30.9. The van der Waals surface area contributed by atoms with Crippen LogP contribution in [0.25, 0.3) is 55.6 Å². The molecule has 0 fully saturated rings. The topological polar surface area (TPSA) is 12.5 Å². The number of hydrogen-bond acceptors (Lipinski definition) is 2. The van der Waals surface area contributed by atoms with Gasteiger partial charge in [0, 0.05) is 22.5 Å². The van der Waals surface area contributed by atoms with Gasteiger partial charge in [0.05, 0.1) is 11.1 Å². The molecular weight excluding hydrogens is 1040 g/mol. The molecular formula is C83H76BNO. The van der Waals surface area contributed by atoms with Gasteiger partial charge in [-0.05, 0) is 163 Å². The normalized spacial score (nSPS) is 14.0. The smallest absolute Gasteiger partial charge is 0.256 e. The molecule has 0 spiro atoms. The molecule has 0 N–H and O–H groups in total. The molecule has 0 saturated heterocycles. The predicted molar refractivity (Wildman–Crippen MR) is 366 cm³/mol. The Hall–Kier alpha value is -8.92. The highest BCUT2D eigenvalue weighted by Gasteiger charge is 2.49. The molecule has 0 bridgehead atoms. The zero-order chi connectivity index (χ0) is 59.7. The first-order valence-corrected chi connectivity index (χ1v) is 30.9. The highest BCUT2D eigenvalue weighted by molar-refractivity contribution is 6.99. The van der Waals surface area contributed by atoms with Crippen LogP contribution in [0.5, 0.6) is 11.5 Å². The number of fused-ring (bicyclic) bond motifs is 7. The molecule has 0 unspecified atom stereocenters. The second-order valence-corrected chi connectivity index (χ2v) is 28.5. The van der Waals surface area contributed by atoms with Gasteiger partial charge in [-0.1, -0.05) is 289 Å². The standard InChI is InChI=1S/C83H76BNO/c1-79(2,3)60-44-57(45-61(48-60)80(4,5)6)55-40-42-70-74(47-55)86-75-52-63(82(10,11)12)51-73-77(75)84(70)71-46-56(64-37-27-38-66-65-36-25-26-39-69(65)83(76(64)66,58-32-21-15-22-33-58)59-34-23-16-24-35-59)41-43-72(71)85(73)78-67(53-28-17-13-18-29-53)49-62(81(7,8)9)50-68(78)54-30-19-14-20-31-54/h13-52H,1-12H3. The van der Waals surface area contributed by atoms with Crippen LogP contribution in [0, 0.1) is 0 Å². The summed E-state index contributed by atoms with van der Waals surface area (Å²) in [4.78, 5) is 2.64. The lowest BCUT2D eigenvalue weighted by molar-refractivity contribution is 0.483. The Balaban J connectivity index is 1.10. The molecule has 0 atom stereocenters. The minimum absolute atomic E-state index is 0.0356. The van der Waals surface area contributed by atoms with Gasteiger partial charge >= 0.3 is 0 Å². The number of hydrogen-bond donors (Lipinski definition) is 0. The number of anilines is 3. The van der Waals surface area contributed by atoms with Gasteiger partial charge in [-0.15, -0.1) is 0 Å². The fourth-order valence-corrected chi connectivity index (χ4v) is 14.2.